The van der Waals surface area contributed by atoms with E-state index < -0.39 is 0 Å². The number of rotatable bonds is 3. The summed E-state index contributed by atoms with van der Waals surface area (Å²) in [5.41, 5.74) is 3.15. The van der Waals surface area contributed by atoms with E-state index in [1.54, 1.807) is 10.6 Å². The second kappa shape index (κ2) is 6.33. The molecule has 3 rings (SSSR count). The maximum atomic E-state index is 12.2. The van der Waals surface area contributed by atoms with E-state index in [2.05, 4.69) is 37.6 Å². The van der Waals surface area contributed by atoms with Gasteiger partial charge in [-0.25, -0.2) is 0 Å². The second-order valence-electron chi connectivity index (χ2n) is 6.94. The zero-order valence-electron chi connectivity index (χ0n) is 14.2. The highest BCUT2D eigenvalue weighted by atomic mass is 35.5. The summed E-state index contributed by atoms with van der Waals surface area (Å²) in [4.78, 5) is 12.2. The second-order valence-corrected chi connectivity index (χ2v) is 7.38. The average Bonchev–Trinajstić information content (AvgIpc) is 3.01. The molecule has 0 unspecified atom stereocenters. The number of halogens is 1. The van der Waals surface area contributed by atoms with Crippen LogP contribution < -0.4 is 5.56 Å². The summed E-state index contributed by atoms with van der Waals surface area (Å²) >= 11 is 5.93. The predicted octanol–water partition coefficient (Wildman–Crippen LogP) is 4.77. The fourth-order valence-corrected chi connectivity index (χ4v) is 2.92. The summed E-state index contributed by atoms with van der Waals surface area (Å²) in [6, 6.07) is 15.2. The summed E-state index contributed by atoms with van der Waals surface area (Å²) in [5, 5.41) is 0.697. The van der Waals surface area contributed by atoms with Crippen molar-refractivity contribution in [3.8, 4) is 11.3 Å². The lowest BCUT2D eigenvalue weighted by Crippen LogP contribution is -2.23. The van der Waals surface area contributed by atoms with Crippen molar-refractivity contribution in [2.45, 2.75) is 32.9 Å². The molecule has 0 atom stereocenters. The molecule has 3 aromatic rings. The van der Waals surface area contributed by atoms with Gasteiger partial charge in [-0.15, -0.1) is 0 Å². The normalized spacial score (nSPS) is 11.7. The van der Waals surface area contributed by atoms with Gasteiger partial charge in [-0.05, 0) is 56.7 Å². The highest BCUT2D eigenvalue weighted by molar-refractivity contribution is 6.30. The Balaban J connectivity index is 1.99. The Morgan fingerprint density at radius 1 is 1.00 bits per heavy atom. The van der Waals surface area contributed by atoms with Crippen LogP contribution in [0.1, 0.15) is 26.3 Å². The fraction of sp³-hybridized carbons (Fsp3) is 0.250. The van der Waals surface area contributed by atoms with Gasteiger partial charge in [0.05, 0.1) is 6.54 Å². The van der Waals surface area contributed by atoms with Gasteiger partial charge in [0.25, 0.3) is 5.56 Å². The molecular weight excluding hydrogens is 320 g/mol. The minimum atomic E-state index is -0.0179. The maximum absolute atomic E-state index is 12.2. The molecular formula is C20H21ClN2O. The van der Waals surface area contributed by atoms with E-state index in [1.807, 2.05) is 42.6 Å². The lowest BCUT2D eigenvalue weighted by atomic mass is 10.1. The van der Waals surface area contributed by atoms with E-state index in [1.165, 1.54) is 0 Å². The number of benzene rings is 1. The zero-order chi connectivity index (χ0) is 17.3. The smallest absolute Gasteiger partial charge is 0.250 e. The van der Waals surface area contributed by atoms with Crippen molar-refractivity contribution in [1.82, 2.24) is 9.13 Å². The third-order valence-corrected chi connectivity index (χ3v) is 4.27. The zero-order valence-corrected chi connectivity index (χ0v) is 14.9. The molecule has 0 aliphatic heterocycles. The molecule has 2 aromatic heterocycles. The van der Waals surface area contributed by atoms with Gasteiger partial charge in [0, 0.05) is 40.3 Å². The highest BCUT2D eigenvalue weighted by Crippen LogP contribution is 2.26. The molecule has 4 heteroatoms. The van der Waals surface area contributed by atoms with Gasteiger partial charge >= 0.3 is 0 Å². The van der Waals surface area contributed by atoms with Gasteiger partial charge in [-0.1, -0.05) is 23.7 Å². The molecule has 2 heterocycles. The molecule has 24 heavy (non-hydrogen) atoms. The summed E-state index contributed by atoms with van der Waals surface area (Å²) in [5.74, 6) is 0. The van der Waals surface area contributed by atoms with Crippen LogP contribution in [-0.2, 0) is 12.1 Å². The Kier molecular flexibility index (Phi) is 4.37. The molecule has 0 spiro atoms. The lowest BCUT2D eigenvalue weighted by molar-refractivity contribution is 0.402. The van der Waals surface area contributed by atoms with Crippen LogP contribution in [0.25, 0.3) is 11.3 Å². The van der Waals surface area contributed by atoms with Crippen molar-refractivity contribution >= 4 is 11.6 Å². The molecule has 0 aliphatic carbocycles. The van der Waals surface area contributed by atoms with Crippen LogP contribution >= 0.6 is 11.6 Å². The summed E-state index contributed by atoms with van der Waals surface area (Å²) < 4.78 is 3.96. The standard InChI is InChI=1S/C20H21ClN2O/c1-20(2,3)23-12-4-5-18(23)16-8-11-19(24)22(14-16)13-15-6-9-17(21)10-7-15/h4-12,14H,13H2,1-3H3. The first-order valence-corrected chi connectivity index (χ1v) is 8.35. The topological polar surface area (TPSA) is 26.9 Å². The van der Waals surface area contributed by atoms with Gasteiger partial charge in [-0.3, -0.25) is 4.79 Å². The number of nitrogens with zero attached hydrogens (tertiary/aromatic N) is 2. The lowest BCUT2D eigenvalue weighted by Gasteiger charge is -2.24. The van der Waals surface area contributed by atoms with Crippen molar-refractivity contribution in [2.24, 2.45) is 0 Å². The Labute approximate surface area is 147 Å². The Morgan fingerprint density at radius 2 is 1.71 bits per heavy atom. The average molecular weight is 341 g/mol. The van der Waals surface area contributed by atoms with Crippen molar-refractivity contribution in [3.05, 3.63) is 81.9 Å². The van der Waals surface area contributed by atoms with Crippen LogP contribution in [0, 0.1) is 0 Å². The number of hydrogen-bond donors (Lipinski definition) is 0. The summed E-state index contributed by atoms with van der Waals surface area (Å²) in [6.45, 7) is 7.03. The molecule has 1 aromatic carbocycles. The van der Waals surface area contributed by atoms with Gasteiger partial charge < -0.3 is 9.13 Å². The largest absolute Gasteiger partial charge is 0.342 e. The molecule has 0 saturated carbocycles. The van der Waals surface area contributed by atoms with Crippen molar-refractivity contribution in [1.29, 1.82) is 0 Å². The van der Waals surface area contributed by atoms with Gasteiger partial charge in [0.1, 0.15) is 0 Å². The monoisotopic (exact) mass is 340 g/mol. The number of aromatic nitrogens is 2. The van der Waals surface area contributed by atoms with E-state index in [9.17, 15) is 4.79 Å². The van der Waals surface area contributed by atoms with Crippen LogP contribution in [0.4, 0.5) is 0 Å². The first-order valence-electron chi connectivity index (χ1n) is 7.98. The SMILES string of the molecule is CC(C)(C)n1cccc1-c1ccc(=O)n(Cc2ccc(Cl)cc2)c1. The molecule has 3 nitrogen and oxygen atoms in total. The Bertz CT molecular complexity index is 898. The predicted molar refractivity (Wildman–Crippen MR) is 99.7 cm³/mol. The van der Waals surface area contributed by atoms with Crippen molar-refractivity contribution in [2.75, 3.05) is 0 Å². The number of pyridine rings is 1. The van der Waals surface area contributed by atoms with Crippen LogP contribution in [0.2, 0.25) is 5.02 Å². The van der Waals surface area contributed by atoms with Gasteiger partial charge in [0.15, 0.2) is 0 Å². The van der Waals surface area contributed by atoms with Gasteiger partial charge in [0.2, 0.25) is 0 Å². The molecule has 0 saturated heterocycles. The first kappa shape index (κ1) is 16.6. The highest BCUT2D eigenvalue weighted by Gasteiger charge is 2.16. The van der Waals surface area contributed by atoms with E-state index in [4.69, 9.17) is 11.6 Å². The third-order valence-electron chi connectivity index (χ3n) is 4.02. The first-order chi connectivity index (χ1) is 11.3. The van der Waals surface area contributed by atoms with E-state index in [0.717, 1.165) is 16.8 Å². The van der Waals surface area contributed by atoms with Crippen molar-refractivity contribution in [3.63, 3.8) is 0 Å². The number of hydrogen-bond acceptors (Lipinski definition) is 1. The maximum Gasteiger partial charge on any atom is 0.250 e. The Morgan fingerprint density at radius 3 is 2.38 bits per heavy atom. The Hall–Kier alpha value is -2.26. The van der Waals surface area contributed by atoms with Crippen LogP contribution in [0.15, 0.2) is 65.7 Å². The molecule has 0 bridgehead atoms. The summed E-state index contributed by atoms with van der Waals surface area (Å²) in [7, 11) is 0. The molecule has 0 amide bonds. The molecule has 0 radical (unpaired) electrons. The van der Waals surface area contributed by atoms with Crippen molar-refractivity contribution < 1.29 is 0 Å². The minimum Gasteiger partial charge on any atom is -0.342 e. The van der Waals surface area contributed by atoms with Gasteiger partial charge in [-0.2, -0.15) is 0 Å². The fourth-order valence-electron chi connectivity index (χ4n) is 2.79. The minimum absolute atomic E-state index is 0.0115. The third kappa shape index (κ3) is 3.46. The van der Waals surface area contributed by atoms with E-state index in [0.29, 0.717) is 11.6 Å². The van der Waals surface area contributed by atoms with Crippen LogP contribution in [0.3, 0.4) is 0 Å². The van der Waals surface area contributed by atoms with Crippen LogP contribution in [-0.4, -0.2) is 9.13 Å². The quantitative estimate of drug-likeness (QED) is 0.674. The molecule has 0 fully saturated rings. The summed E-state index contributed by atoms with van der Waals surface area (Å²) in [6.07, 6.45) is 4.00. The van der Waals surface area contributed by atoms with E-state index >= 15 is 0 Å². The molecule has 0 N–H and O–H groups in total. The van der Waals surface area contributed by atoms with E-state index in [-0.39, 0.29) is 11.1 Å². The van der Waals surface area contributed by atoms with Crippen LogP contribution in [0.5, 0.6) is 0 Å². The molecule has 124 valence electrons. The molecule has 0 aliphatic rings.